The van der Waals surface area contributed by atoms with Crippen molar-refractivity contribution < 1.29 is 9.53 Å². The summed E-state index contributed by atoms with van der Waals surface area (Å²) in [6.07, 6.45) is 18.1. The monoisotopic (exact) mass is 636 g/mol. The van der Waals surface area contributed by atoms with Crippen molar-refractivity contribution in [3.8, 4) is 5.75 Å². The number of rotatable bonds is 18. The number of carbonyl (C=O) groups is 1. The fourth-order valence-electron chi connectivity index (χ4n) is 4.64. The molecule has 1 N–H and O–H groups in total. The number of thioether (sulfide) groups is 1. The minimum atomic E-state index is -0.218. The van der Waals surface area contributed by atoms with E-state index in [9.17, 15) is 4.79 Å². The number of unbranched alkanes of at least 4 members (excludes halogenated alkanes) is 11. The number of nitrogens with one attached hydrogen (secondary N) is 1. The van der Waals surface area contributed by atoms with Crippen molar-refractivity contribution in [1.82, 2.24) is 4.90 Å². The number of allylic oxidation sites excluding steroid dienone is 1. The van der Waals surface area contributed by atoms with Gasteiger partial charge in [-0.05, 0) is 54.1 Å². The summed E-state index contributed by atoms with van der Waals surface area (Å²) in [4.78, 5) is 16.4. The van der Waals surface area contributed by atoms with Gasteiger partial charge in [0.05, 0.1) is 23.1 Å². The quantitative estimate of drug-likeness (QED) is 0.165. The molecule has 3 rings (SSSR count). The van der Waals surface area contributed by atoms with Crippen LogP contribution in [-0.2, 0) is 6.54 Å². The van der Waals surface area contributed by atoms with Crippen molar-refractivity contribution in [3.63, 3.8) is 0 Å². The van der Waals surface area contributed by atoms with Gasteiger partial charge in [-0.3, -0.25) is 4.79 Å². The Labute approximate surface area is 256 Å². The molecule has 7 heteroatoms. The second-order valence-corrected chi connectivity index (χ2v) is 11.9. The van der Waals surface area contributed by atoms with Gasteiger partial charge in [-0.25, -0.2) is 0 Å². The fourth-order valence-corrected chi connectivity index (χ4v) is 5.65. The number of amides is 1. The average molecular weight is 638 g/mol. The minimum Gasteiger partial charge on any atom is -0.494 e. The predicted octanol–water partition coefficient (Wildman–Crippen LogP) is 10.6. The van der Waals surface area contributed by atoms with E-state index in [0.29, 0.717) is 22.9 Å². The Morgan fingerprint density at radius 3 is 2.10 bits per heavy atom. The molecule has 1 aliphatic heterocycles. The lowest BCUT2D eigenvalue weighted by atomic mass is 10.1. The van der Waals surface area contributed by atoms with E-state index in [-0.39, 0.29) is 22.9 Å². The average Bonchev–Trinajstić information content (AvgIpc) is 3.32. The van der Waals surface area contributed by atoms with Crippen LogP contribution in [0.4, 0.5) is 5.69 Å². The molecule has 4 nitrogen and oxygen atoms in total. The number of hydrogen-bond acceptors (Lipinski definition) is 4. The molecule has 1 aliphatic rings. The molecular formula is C32H46BrClN2O2S. The number of nitrogens with zero attached hydrogens (tertiary/aromatic N) is 1. The van der Waals surface area contributed by atoms with Gasteiger partial charge in [-0.15, -0.1) is 28.7 Å². The summed E-state index contributed by atoms with van der Waals surface area (Å²) in [5.41, 5.74) is 2.41. The van der Waals surface area contributed by atoms with Gasteiger partial charge in [-0.2, -0.15) is 0 Å². The first kappa shape index (κ1) is 33.6. The molecule has 2 aromatic carbocycles. The van der Waals surface area contributed by atoms with E-state index in [2.05, 4.69) is 42.4 Å². The van der Waals surface area contributed by atoms with E-state index in [1.807, 2.05) is 30.0 Å². The lowest BCUT2D eigenvalue weighted by Crippen LogP contribution is -2.14. The number of halogens is 2. The Balaban J connectivity index is 0.00000533. The Hall–Kier alpha value is -1.63. The highest BCUT2D eigenvalue weighted by Gasteiger charge is 2.13. The largest absolute Gasteiger partial charge is 0.494 e. The number of ether oxygens (including phenoxy) is 1. The first-order chi connectivity index (χ1) is 18.5. The molecule has 0 spiro atoms. The zero-order valence-corrected chi connectivity index (χ0v) is 27.0. The number of carbonyl (C=O) groups excluding carboxylic acids is 1. The lowest BCUT2D eigenvalue weighted by Gasteiger charge is -2.15. The highest BCUT2D eigenvalue weighted by Crippen LogP contribution is 2.27. The predicted molar refractivity (Wildman–Crippen MR) is 175 cm³/mol. The van der Waals surface area contributed by atoms with Crippen LogP contribution in [0.3, 0.4) is 0 Å². The second kappa shape index (κ2) is 19.4. The maximum Gasteiger partial charge on any atom is 0.257 e. The summed E-state index contributed by atoms with van der Waals surface area (Å²) in [6, 6.07) is 13.3. The van der Waals surface area contributed by atoms with Gasteiger partial charge < -0.3 is 15.0 Å². The van der Waals surface area contributed by atoms with E-state index in [0.717, 1.165) is 24.5 Å². The summed E-state index contributed by atoms with van der Waals surface area (Å²) in [5, 5.41) is 3.35. The van der Waals surface area contributed by atoms with Crippen LogP contribution in [0.5, 0.6) is 5.75 Å². The van der Waals surface area contributed by atoms with Gasteiger partial charge in [0.1, 0.15) is 5.75 Å². The van der Waals surface area contributed by atoms with Crippen LogP contribution >= 0.6 is 40.3 Å². The molecule has 0 unspecified atom stereocenters. The molecule has 2 aromatic rings. The number of benzene rings is 2. The first-order valence-electron chi connectivity index (χ1n) is 14.4. The van der Waals surface area contributed by atoms with Gasteiger partial charge in [-0.1, -0.05) is 101 Å². The van der Waals surface area contributed by atoms with Crippen molar-refractivity contribution in [2.24, 2.45) is 0 Å². The first-order valence-corrected chi connectivity index (χ1v) is 15.8. The summed E-state index contributed by atoms with van der Waals surface area (Å²) < 4.78 is 5.88. The van der Waals surface area contributed by atoms with E-state index >= 15 is 0 Å². The lowest BCUT2D eigenvalue weighted by molar-refractivity contribution is 0.102. The van der Waals surface area contributed by atoms with Crippen molar-refractivity contribution in [1.29, 1.82) is 0 Å². The summed E-state index contributed by atoms with van der Waals surface area (Å²) in [5.74, 6) is 1.48. The second-order valence-electron chi connectivity index (χ2n) is 10.3. The normalized spacial score (nSPS) is 12.7. The maximum atomic E-state index is 12.8. The van der Waals surface area contributed by atoms with E-state index < -0.39 is 0 Å². The highest BCUT2D eigenvalue weighted by molar-refractivity contribution is 8.93. The molecule has 0 atom stereocenters. The molecule has 1 heterocycles. The highest BCUT2D eigenvalue weighted by atomic mass is 79.9. The summed E-state index contributed by atoms with van der Waals surface area (Å²) >= 11 is 8.28. The fraction of sp³-hybridized carbons (Fsp3) is 0.531. The van der Waals surface area contributed by atoms with E-state index in [1.165, 1.54) is 81.1 Å². The van der Waals surface area contributed by atoms with Crippen LogP contribution in [0.1, 0.15) is 107 Å². The standard InChI is InChI=1S/C32H45ClN2O2S.BrH/c1-3-4-5-6-7-8-9-10-11-12-13-14-21-37-29-19-20-30(31(33)22-29)32(36)34-28-17-15-27(16-18-28)24-35-23-26(2)38-25-35;/h15-20,22-23H,3-14,21,24-25H2,1-2H3,(H,34,36);1H. The van der Waals surface area contributed by atoms with Gasteiger partial charge in [0.2, 0.25) is 0 Å². The van der Waals surface area contributed by atoms with Gasteiger partial charge in [0.15, 0.2) is 0 Å². The van der Waals surface area contributed by atoms with Crippen LogP contribution in [0.15, 0.2) is 53.6 Å². The molecule has 0 aromatic heterocycles. The summed E-state index contributed by atoms with van der Waals surface area (Å²) in [7, 11) is 0. The molecule has 0 saturated carbocycles. The van der Waals surface area contributed by atoms with Crippen molar-refractivity contribution in [2.75, 3.05) is 17.8 Å². The SMILES string of the molecule is Br.CCCCCCCCCCCCCCOc1ccc(C(=O)Nc2ccc(CN3C=C(C)SC3)cc2)c(Cl)c1. The zero-order chi connectivity index (χ0) is 27.0. The van der Waals surface area contributed by atoms with Crippen molar-refractivity contribution in [2.45, 2.75) is 97.4 Å². The van der Waals surface area contributed by atoms with Crippen LogP contribution < -0.4 is 10.1 Å². The Bertz CT molecular complexity index is 1020. The molecule has 0 radical (unpaired) electrons. The smallest absolute Gasteiger partial charge is 0.257 e. The minimum absolute atomic E-state index is 0. The third-order valence-electron chi connectivity index (χ3n) is 6.87. The topological polar surface area (TPSA) is 41.6 Å². The van der Waals surface area contributed by atoms with E-state index in [1.54, 1.807) is 12.1 Å². The van der Waals surface area contributed by atoms with Crippen molar-refractivity contribution in [3.05, 3.63) is 69.7 Å². The molecule has 0 fully saturated rings. The van der Waals surface area contributed by atoms with Gasteiger partial charge in [0.25, 0.3) is 5.91 Å². The third kappa shape index (κ3) is 13.1. The molecule has 39 heavy (non-hydrogen) atoms. The number of anilines is 1. The molecule has 0 saturated heterocycles. The molecule has 216 valence electrons. The molecule has 1 amide bonds. The maximum absolute atomic E-state index is 12.8. The van der Waals surface area contributed by atoms with Crippen LogP contribution in [0, 0.1) is 0 Å². The van der Waals surface area contributed by atoms with Crippen molar-refractivity contribution >= 4 is 51.9 Å². The third-order valence-corrected chi connectivity index (χ3v) is 8.21. The molecular weight excluding hydrogens is 592 g/mol. The van der Waals surface area contributed by atoms with Crippen LogP contribution in [0.2, 0.25) is 5.02 Å². The Morgan fingerprint density at radius 2 is 1.54 bits per heavy atom. The van der Waals surface area contributed by atoms with E-state index in [4.69, 9.17) is 16.3 Å². The zero-order valence-electron chi connectivity index (χ0n) is 23.7. The van der Waals surface area contributed by atoms with Crippen LogP contribution in [-0.4, -0.2) is 23.3 Å². The Morgan fingerprint density at radius 1 is 0.923 bits per heavy atom. The number of hydrogen-bond donors (Lipinski definition) is 1. The summed E-state index contributed by atoms with van der Waals surface area (Å²) in [6.45, 7) is 5.95. The van der Waals surface area contributed by atoms with Gasteiger partial charge in [0, 0.05) is 18.4 Å². The molecule has 0 bridgehead atoms. The Kier molecular flexibility index (Phi) is 16.7. The van der Waals surface area contributed by atoms with Gasteiger partial charge >= 0.3 is 0 Å². The van der Waals surface area contributed by atoms with Crippen LogP contribution in [0.25, 0.3) is 0 Å². The molecule has 0 aliphatic carbocycles.